The van der Waals surface area contributed by atoms with Crippen molar-refractivity contribution in [2.24, 2.45) is 4.99 Å². The summed E-state index contributed by atoms with van der Waals surface area (Å²) in [6.07, 6.45) is 7.33. The van der Waals surface area contributed by atoms with Crippen LogP contribution in [0.15, 0.2) is 4.99 Å². The largest absolute Gasteiger partial charge is 0.376 e. The predicted octanol–water partition coefficient (Wildman–Crippen LogP) is 3.37. The van der Waals surface area contributed by atoms with Crippen molar-refractivity contribution < 1.29 is 9.47 Å². The molecular formula is C18H36IN3O2S. The van der Waals surface area contributed by atoms with Gasteiger partial charge < -0.3 is 19.7 Å². The molecule has 1 atom stereocenters. The summed E-state index contributed by atoms with van der Waals surface area (Å²) in [5.74, 6) is 1.05. The zero-order valence-electron chi connectivity index (χ0n) is 16.3. The number of piperidine rings is 1. The van der Waals surface area contributed by atoms with E-state index in [4.69, 9.17) is 14.5 Å². The molecule has 2 aliphatic rings. The zero-order valence-corrected chi connectivity index (χ0v) is 19.4. The molecule has 2 rings (SSSR count). The van der Waals surface area contributed by atoms with Gasteiger partial charge in [-0.3, -0.25) is 4.99 Å². The van der Waals surface area contributed by atoms with Gasteiger partial charge in [-0.15, -0.1) is 24.0 Å². The van der Waals surface area contributed by atoms with Gasteiger partial charge >= 0.3 is 0 Å². The molecule has 0 amide bonds. The summed E-state index contributed by atoms with van der Waals surface area (Å²) in [5, 5.41) is 3.45. The summed E-state index contributed by atoms with van der Waals surface area (Å²) in [5.41, 5.74) is 0. The molecule has 5 nitrogen and oxygen atoms in total. The normalized spacial score (nSPS) is 22.8. The van der Waals surface area contributed by atoms with Gasteiger partial charge in [0.05, 0.1) is 25.4 Å². The Kier molecular flexibility index (Phi) is 11.1. The third kappa shape index (κ3) is 8.22. The number of nitrogens with one attached hydrogen (secondary N) is 1. The average Bonchev–Trinajstić information content (AvgIpc) is 3.11. The first kappa shape index (κ1) is 23.3. The summed E-state index contributed by atoms with van der Waals surface area (Å²) in [7, 11) is 0. The minimum Gasteiger partial charge on any atom is -0.376 e. The van der Waals surface area contributed by atoms with Crippen LogP contribution >= 0.6 is 35.7 Å². The highest BCUT2D eigenvalue weighted by Gasteiger charge is 2.24. The number of rotatable bonds is 7. The highest BCUT2D eigenvalue weighted by Crippen LogP contribution is 2.22. The first-order chi connectivity index (χ1) is 11.5. The summed E-state index contributed by atoms with van der Waals surface area (Å²) in [6, 6.07) is 0. The van der Waals surface area contributed by atoms with E-state index in [0.717, 1.165) is 64.6 Å². The van der Waals surface area contributed by atoms with Gasteiger partial charge in [0, 0.05) is 31.0 Å². The average molecular weight is 485 g/mol. The van der Waals surface area contributed by atoms with Crippen molar-refractivity contribution in [3.8, 4) is 0 Å². The number of ether oxygens (including phenoxy) is 2. The number of aliphatic imine (C=N–C) groups is 1. The lowest BCUT2D eigenvalue weighted by molar-refractivity contribution is -0.0367. The molecule has 0 bridgehead atoms. The molecule has 2 fully saturated rings. The molecule has 0 aromatic heterocycles. The van der Waals surface area contributed by atoms with Crippen LogP contribution in [0.5, 0.6) is 0 Å². The number of hydrogen-bond donors (Lipinski definition) is 1. The van der Waals surface area contributed by atoms with E-state index < -0.39 is 0 Å². The molecule has 0 radical (unpaired) electrons. The quantitative estimate of drug-likeness (QED) is 0.341. The number of guanidine groups is 1. The van der Waals surface area contributed by atoms with Gasteiger partial charge in [-0.1, -0.05) is 0 Å². The Bertz CT molecular complexity index is 396. The van der Waals surface area contributed by atoms with Gasteiger partial charge in [0.25, 0.3) is 0 Å². The van der Waals surface area contributed by atoms with Gasteiger partial charge in [-0.2, -0.15) is 11.8 Å². The van der Waals surface area contributed by atoms with Gasteiger partial charge in [0.15, 0.2) is 5.96 Å². The van der Waals surface area contributed by atoms with E-state index in [2.05, 4.69) is 37.2 Å². The highest BCUT2D eigenvalue weighted by molar-refractivity contribution is 14.0. The smallest absolute Gasteiger partial charge is 0.193 e. The number of nitrogens with zero attached hydrogens (tertiary/aromatic N) is 2. The number of likely N-dealkylation sites (tertiary alicyclic amines) is 1. The Labute approximate surface area is 175 Å². The van der Waals surface area contributed by atoms with Crippen molar-refractivity contribution in [2.45, 2.75) is 63.4 Å². The molecular weight excluding hydrogens is 449 g/mol. The van der Waals surface area contributed by atoms with Crippen molar-refractivity contribution in [1.82, 2.24) is 10.2 Å². The van der Waals surface area contributed by atoms with E-state index in [1.807, 2.05) is 11.8 Å². The van der Waals surface area contributed by atoms with E-state index in [9.17, 15) is 0 Å². The van der Waals surface area contributed by atoms with Crippen LogP contribution in [-0.4, -0.2) is 73.5 Å². The second-order valence-corrected chi connectivity index (χ2v) is 8.80. The maximum absolute atomic E-state index is 6.07. The molecule has 2 heterocycles. The van der Waals surface area contributed by atoms with Crippen LogP contribution in [0.25, 0.3) is 0 Å². The van der Waals surface area contributed by atoms with Crippen LogP contribution in [0.1, 0.15) is 46.5 Å². The van der Waals surface area contributed by atoms with Crippen molar-refractivity contribution in [1.29, 1.82) is 0 Å². The van der Waals surface area contributed by atoms with E-state index >= 15 is 0 Å². The van der Waals surface area contributed by atoms with Gasteiger partial charge in [-0.25, -0.2) is 0 Å². The lowest BCUT2D eigenvalue weighted by Gasteiger charge is -2.35. The van der Waals surface area contributed by atoms with Gasteiger partial charge in [-0.05, 0) is 52.7 Å². The van der Waals surface area contributed by atoms with Crippen molar-refractivity contribution in [3.63, 3.8) is 0 Å². The Morgan fingerprint density at radius 3 is 2.60 bits per heavy atom. The van der Waals surface area contributed by atoms with Crippen molar-refractivity contribution >= 4 is 41.7 Å². The Morgan fingerprint density at radius 2 is 2.04 bits per heavy atom. The van der Waals surface area contributed by atoms with Crippen LogP contribution in [0.2, 0.25) is 0 Å². The molecule has 0 aliphatic carbocycles. The molecule has 0 spiro atoms. The predicted molar refractivity (Wildman–Crippen MR) is 119 cm³/mol. The summed E-state index contributed by atoms with van der Waals surface area (Å²) >= 11 is 1.87. The fourth-order valence-corrected chi connectivity index (χ4v) is 3.20. The fraction of sp³-hybridized carbons (Fsp3) is 0.944. The molecule has 2 saturated heterocycles. The molecule has 2 aliphatic heterocycles. The summed E-state index contributed by atoms with van der Waals surface area (Å²) in [4.78, 5) is 7.24. The minimum absolute atomic E-state index is 0. The minimum atomic E-state index is 0. The van der Waals surface area contributed by atoms with Crippen LogP contribution < -0.4 is 5.32 Å². The number of hydrogen-bond acceptors (Lipinski definition) is 4. The van der Waals surface area contributed by atoms with Crippen LogP contribution in [0, 0.1) is 0 Å². The Morgan fingerprint density at radius 1 is 1.32 bits per heavy atom. The van der Waals surface area contributed by atoms with Crippen LogP contribution in [-0.2, 0) is 9.47 Å². The summed E-state index contributed by atoms with van der Waals surface area (Å²) in [6.45, 7) is 12.1. The second kappa shape index (κ2) is 11.9. The first-order valence-electron chi connectivity index (χ1n) is 9.35. The zero-order chi connectivity index (χ0) is 17.4. The Balaban J connectivity index is 0.00000312. The fourth-order valence-electron chi connectivity index (χ4n) is 3.01. The number of halogens is 1. The molecule has 1 N–H and O–H groups in total. The third-order valence-electron chi connectivity index (χ3n) is 4.78. The Hall–Kier alpha value is 0.270. The SMILES string of the molecule is CCNC(=NCC(C)(C)SC)N1CCC(OCC2CCCO2)CC1.I. The van der Waals surface area contributed by atoms with E-state index in [-0.39, 0.29) is 28.7 Å². The second-order valence-electron chi connectivity index (χ2n) is 7.29. The van der Waals surface area contributed by atoms with Crippen LogP contribution in [0.3, 0.4) is 0 Å². The van der Waals surface area contributed by atoms with Gasteiger partial charge in [0.1, 0.15) is 0 Å². The van der Waals surface area contributed by atoms with E-state index in [1.165, 1.54) is 6.42 Å². The number of thioether (sulfide) groups is 1. The van der Waals surface area contributed by atoms with Gasteiger partial charge in [0.2, 0.25) is 0 Å². The van der Waals surface area contributed by atoms with Crippen molar-refractivity contribution in [3.05, 3.63) is 0 Å². The molecule has 0 aromatic carbocycles. The summed E-state index contributed by atoms with van der Waals surface area (Å²) < 4.78 is 11.9. The standard InChI is InChI=1S/C18H35N3O2S.HI/c1-5-19-17(20-14-18(2,3)24-4)21-10-8-15(9-11-21)23-13-16-7-6-12-22-16;/h15-16H,5-14H2,1-4H3,(H,19,20);1H. The maximum atomic E-state index is 6.07. The lowest BCUT2D eigenvalue weighted by atomic mass is 10.1. The lowest BCUT2D eigenvalue weighted by Crippen LogP contribution is -2.47. The van der Waals surface area contributed by atoms with E-state index in [1.54, 1.807) is 0 Å². The van der Waals surface area contributed by atoms with Crippen molar-refractivity contribution in [2.75, 3.05) is 45.6 Å². The molecule has 0 aromatic rings. The first-order valence-corrected chi connectivity index (χ1v) is 10.6. The highest BCUT2D eigenvalue weighted by atomic mass is 127. The monoisotopic (exact) mass is 485 g/mol. The molecule has 25 heavy (non-hydrogen) atoms. The van der Waals surface area contributed by atoms with E-state index in [0.29, 0.717) is 12.2 Å². The molecule has 1 unspecified atom stereocenters. The molecule has 7 heteroatoms. The van der Waals surface area contributed by atoms with Crippen LogP contribution in [0.4, 0.5) is 0 Å². The third-order valence-corrected chi connectivity index (χ3v) is 6.01. The molecule has 0 saturated carbocycles. The molecule has 148 valence electrons. The topological polar surface area (TPSA) is 46.1 Å². The maximum Gasteiger partial charge on any atom is 0.193 e.